The zero-order valence-corrected chi connectivity index (χ0v) is 11.6. The van der Waals surface area contributed by atoms with Gasteiger partial charge in [0.05, 0.1) is 7.11 Å². The Morgan fingerprint density at radius 2 is 1.83 bits per heavy atom. The average Bonchev–Trinajstić information content (AvgIpc) is 2.35. The van der Waals surface area contributed by atoms with Crippen molar-refractivity contribution in [2.75, 3.05) is 20.2 Å². The fourth-order valence-corrected chi connectivity index (χ4v) is 2.69. The average molecular weight is 247 g/mol. The standard InChI is InChI=1S/C15H21NO2/c1-14(2)10-16(11-14)15(3,13(17)18-4)12-8-6-5-7-9-12/h5-9H,10-11H2,1-4H3. The third-order valence-corrected chi connectivity index (χ3v) is 3.79. The first-order valence-electron chi connectivity index (χ1n) is 6.29. The topological polar surface area (TPSA) is 29.5 Å². The molecule has 1 atom stereocenters. The van der Waals surface area contributed by atoms with Crippen LogP contribution in [-0.2, 0) is 15.1 Å². The van der Waals surface area contributed by atoms with Gasteiger partial charge in [0.1, 0.15) is 5.54 Å². The van der Waals surface area contributed by atoms with Gasteiger partial charge in [0.25, 0.3) is 0 Å². The van der Waals surface area contributed by atoms with Crippen molar-refractivity contribution in [1.29, 1.82) is 0 Å². The first-order valence-corrected chi connectivity index (χ1v) is 6.29. The highest BCUT2D eigenvalue weighted by Gasteiger charge is 2.50. The maximum atomic E-state index is 12.2. The van der Waals surface area contributed by atoms with E-state index in [1.165, 1.54) is 7.11 Å². The third kappa shape index (κ3) is 2.03. The lowest BCUT2D eigenvalue weighted by Crippen LogP contribution is -2.63. The maximum absolute atomic E-state index is 12.2. The van der Waals surface area contributed by atoms with Crippen LogP contribution in [0.25, 0.3) is 0 Å². The Bertz CT molecular complexity index is 433. The molecular formula is C15H21NO2. The third-order valence-electron chi connectivity index (χ3n) is 3.79. The minimum atomic E-state index is -0.675. The van der Waals surface area contributed by atoms with Gasteiger partial charge in [0, 0.05) is 13.1 Å². The van der Waals surface area contributed by atoms with Crippen LogP contribution in [0.4, 0.5) is 0 Å². The van der Waals surface area contributed by atoms with E-state index in [1.807, 2.05) is 37.3 Å². The first-order chi connectivity index (χ1) is 8.40. The normalized spacial score (nSPS) is 21.8. The van der Waals surface area contributed by atoms with E-state index in [-0.39, 0.29) is 11.4 Å². The Kier molecular flexibility index (Phi) is 3.20. The highest BCUT2D eigenvalue weighted by atomic mass is 16.5. The molecule has 0 radical (unpaired) electrons. The van der Waals surface area contributed by atoms with Gasteiger partial charge in [-0.05, 0) is 17.9 Å². The van der Waals surface area contributed by atoms with Gasteiger partial charge < -0.3 is 4.74 Å². The fourth-order valence-electron chi connectivity index (χ4n) is 2.69. The van der Waals surface area contributed by atoms with E-state index in [0.717, 1.165) is 18.7 Å². The molecule has 0 amide bonds. The number of rotatable bonds is 3. The van der Waals surface area contributed by atoms with E-state index in [4.69, 9.17) is 4.74 Å². The van der Waals surface area contributed by atoms with E-state index in [0.29, 0.717) is 0 Å². The molecule has 1 aliphatic heterocycles. The molecule has 1 aliphatic rings. The van der Waals surface area contributed by atoms with Crippen molar-refractivity contribution in [3.63, 3.8) is 0 Å². The molecule has 18 heavy (non-hydrogen) atoms. The predicted octanol–water partition coefficient (Wildman–Crippen LogP) is 2.42. The van der Waals surface area contributed by atoms with Crippen LogP contribution in [0.3, 0.4) is 0 Å². The van der Waals surface area contributed by atoms with Crippen LogP contribution in [0, 0.1) is 5.41 Å². The number of methoxy groups -OCH3 is 1. The van der Waals surface area contributed by atoms with Crippen molar-refractivity contribution in [2.45, 2.75) is 26.3 Å². The van der Waals surface area contributed by atoms with Gasteiger partial charge in [-0.15, -0.1) is 0 Å². The lowest BCUT2D eigenvalue weighted by molar-refractivity contribution is -0.164. The van der Waals surface area contributed by atoms with E-state index < -0.39 is 5.54 Å². The molecule has 1 fully saturated rings. The van der Waals surface area contributed by atoms with Crippen molar-refractivity contribution < 1.29 is 9.53 Å². The Hall–Kier alpha value is -1.35. The molecule has 0 aromatic heterocycles. The molecule has 0 saturated carbocycles. The molecule has 3 nitrogen and oxygen atoms in total. The Labute approximate surface area is 109 Å². The van der Waals surface area contributed by atoms with Gasteiger partial charge in [0.2, 0.25) is 0 Å². The van der Waals surface area contributed by atoms with Gasteiger partial charge in [-0.25, -0.2) is 4.79 Å². The number of nitrogens with zero attached hydrogens (tertiary/aromatic N) is 1. The minimum absolute atomic E-state index is 0.191. The number of hydrogen-bond donors (Lipinski definition) is 0. The SMILES string of the molecule is COC(=O)C(C)(c1ccccc1)N1CC(C)(C)C1. The number of benzene rings is 1. The second kappa shape index (κ2) is 4.39. The molecule has 3 heteroatoms. The summed E-state index contributed by atoms with van der Waals surface area (Å²) >= 11 is 0. The predicted molar refractivity (Wildman–Crippen MR) is 71.2 cm³/mol. The van der Waals surface area contributed by atoms with Crippen LogP contribution in [-0.4, -0.2) is 31.1 Å². The first kappa shape index (κ1) is 13.1. The zero-order valence-electron chi connectivity index (χ0n) is 11.6. The number of likely N-dealkylation sites (tertiary alicyclic amines) is 1. The summed E-state index contributed by atoms with van der Waals surface area (Å²) in [6, 6.07) is 9.86. The Balaban J connectivity index is 2.34. The molecule has 98 valence electrons. The van der Waals surface area contributed by atoms with Crippen LogP contribution in [0.15, 0.2) is 30.3 Å². The van der Waals surface area contributed by atoms with Crippen LogP contribution in [0.2, 0.25) is 0 Å². The molecule has 0 bridgehead atoms. The van der Waals surface area contributed by atoms with Crippen LogP contribution < -0.4 is 0 Å². The number of hydrogen-bond acceptors (Lipinski definition) is 3. The quantitative estimate of drug-likeness (QED) is 0.768. The van der Waals surface area contributed by atoms with Crippen molar-refractivity contribution in [3.8, 4) is 0 Å². The second-order valence-corrected chi connectivity index (χ2v) is 5.95. The summed E-state index contributed by atoms with van der Waals surface area (Å²) in [6.07, 6.45) is 0. The highest BCUT2D eigenvalue weighted by molar-refractivity contribution is 5.82. The smallest absolute Gasteiger partial charge is 0.330 e. The number of esters is 1. The zero-order chi connectivity index (χ0) is 13.4. The fraction of sp³-hybridized carbons (Fsp3) is 0.533. The lowest BCUT2D eigenvalue weighted by atomic mass is 9.77. The number of ether oxygens (including phenoxy) is 1. The molecule has 0 spiro atoms. The van der Waals surface area contributed by atoms with Gasteiger partial charge in [-0.2, -0.15) is 0 Å². The van der Waals surface area contributed by atoms with E-state index in [1.54, 1.807) is 0 Å². The molecule has 1 heterocycles. The number of carbonyl (C=O) groups is 1. The minimum Gasteiger partial charge on any atom is -0.467 e. The molecular weight excluding hydrogens is 226 g/mol. The summed E-state index contributed by atoms with van der Waals surface area (Å²) in [7, 11) is 1.45. The molecule has 0 aliphatic carbocycles. The lowest BCUT2D eigenvalue weighted by Gasteiger charge is -2.53. The number of carbonyl (C=O) groups excluding carboxylic acids is 1. The van der Waals surface area contributed by atoms with E-state index in [9.17, 15) is 4.79 Å². The molecule has 1 aromatic carbocycles. The molecule has 1 unspecified atom stereocenters. The van der Waals surface area contributed by atoms with E-state index in [2.05, 4.69) is 18.7 Å². The Morgan fingerprint density at radius 1 is 1.28 bits per heavy atom. The summed E-state index contributed by atoms with van der Waals surface area (Å²) in [5.74, 6) is -0.191. The van der Waals surface area contributed by atoms with Gasteiger partial charge in [-0.3, -0.25) is 4.90 Å². The van der Waals surface area contributed by atoms with Crippen LogP contribution >= 0.6 is 0 Å². The molecule has 1 saturated heterocycles. The van der Waals surface area contributed by atoms with Crippen LogP contribution in [0.1, 0.15) is 26.3 Å². The summed E-state index contributed by atoms with van der Waals surface area (Å²) < 4.78 is 5.01. The summed E-state index contributed by atoms with van der Waals surface area (Å²) in [4.78, 5) is 14.4. The van der Waals surface area contributed by atoms with Crippen LogP contribution in [0.5, 0.6) is 0 Å². The summed E-state index contributed by atoms with van der Waals surface area (Å²) in [6.45, 7) is 8.20. The highest BCUT2D eigenvalue weighted by Crippen LogP contribution is 2.40. The van der Waals surface area contributed by atoms with Gasteiger partial charge in [0.15, 0.2) is 0 Å². The van der Waals surface area contributed by atoms with Crippen molar-refractivity contribution in [2.24, 2.45) is 5.41 Å². The molecule has 2 rings (SSSR count). The van der Waals surface area contributed by atoms with E-state index >= 15 is 0 Å². The molecule has 1 aromatic rings. The van der Waals surface area contributed by atoms with Crippen molar-refractivity contribution in [3.05, 3.63) is 35.9 Å². The summed E-state index contributed by atoms with van der Waals surface area (Å²) in [5.41, 5.74) is 0.600. The van der Waals surface area contributed by atoms with Crippen molar-refractivity contribution >= 4 is 5.97 Å². The summed E-state index contributed by atoms with van der Waals surface area (Å²) in [5, 5.41) is 0. The largest absolute Gasteiger partial charge is 0.467 e. The van der Waals surface area contributed by atoms with Crippen molar-refractivity contribution in [1.82, 2.24) is 4.90 Å². The van der Waals surface area contributed by atoms with Gasteiger partial charge >= 0.3 is 5.97 Å². The monoisotopic (exact) mass is 247 g/mol. The Morgan fingerprint density at radius 3 is 2.28 bits per heavy atom. The second-order valence-electron chi connectivity index (χ2n) is 5.95. The molecule has 0 N–H and O–H groups in total. The van der Waals surface area contributed by atoms with Gasteiger partial charge in [-0.1, -0.05) is 44.2 Å². The maximum Gasteiger partial charge on any atom is 0.330 e.